The Bertz CT molecular complexity index is 969. The first-order chi connectivity index (χ1) is 13.7. The molecule has 4 rings (SSSR count). The van der Waals surface area contributed by atoms with E-state index in [0.717, 1.165) is 24.3 Å². The number of nitrogens with one attached hydrogen (secondary N) is 1. The van der Waals surface area contributed by atoms with E-state index in [9.17, 15) is 13.2 Å². The Kier molecular flexibility index (Phi) is 5.83. The summed E-state index contributed by atoms with van der Waals surface area (Å²) < 4.78 is 37.1. The van der Waals surface area contributed by atoms with Crippen LogP contribution in [0.3, 0.4) is 0 Å². The van der Waals surface area contributed by atoms with Crippen molar-refractivity contribution in [2.45, 2.75) is 25.1 Å². The van der Waals surface area contributed by atoms with Gasteiger partial charge in [0.1, 0.15) is 5.75 Å². The van der Waals surface area contributed by atoms with Crippen molar-refractivity contribution < 1.29 is 27.8 Å². The molecule has 0 amide bonds. The number of carboxylic acids is 1. The van der Waals surface area contributed by atoms with E-state index in [1.807, 2.05) is 6.07 Å². The molecule has 1 aromatic heterocycles. The zero-order chi connectivity index (χ0) is 21.2. The van der Waals surface area contributed by atoms with Gasteiger partial charge in [-0.15, -0.1) is 0 Å². The monoisotopic (exact) mass is 425 g/mol. The topological polar surface area (TPSA) is 96.9 Å². The number of carbonyl (C=O) groups is 1. The Morgan fingerprint density at radius 1 is 1.34 bits per heavy atom. The number of nitrogens with two attached hydrogens (primary N) is 1. The Morgan fingerprint density at radius 2 is 2.07 bits per heavy atom. The summed E-state index contributed by atoms with van der Waals surface area (Å²) in [5.41, 5.74) is 12.1. The van der Waals surface area contributed by atoms with E-state index in [4.69, 9.17) is 20.4 Å². The van der Waals surface area contributed by atoms with E-state index in [2.05, 4.69) is 39.3 Å². The van der Waals surface area contributed by atoms with Gasteiger partial charge in [0.15, 0.2) is 5.96 Å². The van der Waals surface area contributed by atoms with Gasteiger partial charge in [0.25, 0.3) is 0 Å². The summed E-state index contributed by atoms with van der Waals surface area (Å²) >= 11 is 1.69. The van der Waals surface area contributed by atoms with E-state index in [-0.39, 0.29) is 6.04 Å². The van der Waals surface area contributed by atoms with Crippen molar-refractivity contribution in [3.05, 3.63) is 57.4 Å². The molecule has 1 atom stereocenters. The highest BCUT2D eigenvalue weighted by Crippen LogP contribution is 2.43. The molecule has 4 N–H and O–H groups in total. The third-order valence-corrected chi connectivity index (χ3v) is 5.21. The van der Waals surface area contributed by atoms with Gasteiger partial charge in [-0.05, 0) is 58.5 Å². The maximum absolute atomic E-state index is 10.6. The number of aliphatic imine (C=N–C) groups is 1. The number of halogens is 3. The Hall–Kier alpha value is -3.01. The normalized spacial score (nSPS) is 17.8. The average Bonchev–Trinajstić information content (AvgIpc) is 3.21. The van der Waals surface area contributed by atoms with Crippen LogP contribution < -0.4 is 15.8 Å². The molecule has 0 spiro atoms. The lowest BCUT2D eigenvalue weighted by molar-refractivity contribution is -0.192. The quantitative estimate of drug-likeness (QED) is 0.682. The number of hydrogen-bond acceptors (Lipinski definition) is 6. The number of allylic oxidation sites excluding steroid dienone is 1. The molecule has 1 aliphatic carbocycles. The summed E-state index contributed by atoms with van der Waals surface area (Å²) in [5.74, 6) is -1.38. The molecule has 0 bridgehead atoms. The van der Waals surface area contributed by atoms with Crippen LogP contribution in [0.5, 0.6) is 5.75 Å². The lowest BCUT2D eigenvalue weighted by Gasteiger charge is -2.32. The highest BCUT2D eigenvalue weighted by molar-refractivity contribution is 7.08. The van der Waals surface area contributed by atoms with Gasteiger partial charge in [-0.3, -0.25) is 0 Å². The molecule has 0 saturated carbocycles. The highest BCUT2D eigenvalue weighted by Gasteiger charge is 2.38. The van der Waals surface area contributed by atoms with Crippen LogP contribution in [-0.4, -0.2) is 30.3 Å². The number of alkyl halides is 3. The number of fused-ring (bicyclic) bond motifs is 2. The average molecular weight is 425 g/mol. The largest absolute Gasteiger partial charge is 0.497 e. The van der Waals surface area contributed by atoms with Crippen molar-refractivity contribution in [3.63, 3.8) is 0 Å². The molecule has 1 aromatic carbocycles. The molecule has 10 heteroatoms. The van der Waals surface area contributed by atoms with Crippen LogP contribution in [0.15, 0.2) is 45.7 Å². The SMILES string of the molecule is COc1ccc2c(c1)C1=C(CC2)N=C(N)NC1c1ccsc1.O=C(O)C(F)(F)F. The molecule has 0 fully saturated rings. The van der Waals surface area contributed by atoms with Gasteiger partial charge in [0.05, 0.1) is 18.8 Å². The molecule has 2 aromatic rings. The highest BCUT2D eigenvalue weighted by atomic mass is 32.1. The number of rotatable bonds is 2. The van der Waals surface area contributed by atoms with Crippen molar-refractivity contribution in [1.29, 1.82) is 0 Å². The van der Waals surface area contributed by atoms with Crippen molar-refractivity contribution in [1.82, 2.24) is 5.32 Å². The second kappa shape index (κ2) is 8.16. The fourth-order valence-electron chi connectivity index (χ4n) is 3.22. The minimum Gasteiger partial charge on any atom is -0.497 e. The number of benzene rings is 1. The fraction of sp³-hybridized carbons (Fsp3) is 0.263. The molecular weight excluding hydrogens is 407 g/mol. The maximum atomic E-state index is 10.6. The van der Waals surface area contributed by atoms with Gasteiger partial charge < -0.3 is 20.9 Å². The number of carboxylic acid groups (broad SMARTS) is 1. The standard InChI is InChI=1S/C17H17N3OS.C2HF3O2/c1-21-12-4-2-10-3-5-14-15(13(10)8-12)16(20-17(18)19-14)11-6-7-22-9-11;3-2(4,5)1(6)7/h2,4,6-9,16H,3,5H2,1H3,(H3,18,19,20);(H,6,7). The van der Waals surface area contributed by atoms with Gasteiger partial charge in [-0.2, -0.15) is 24.5 Å². The first-order valence-corrected chi connectivity index (χ1v) is 9.48. The predicted octanol–water partition coefficient (Wildman–Crippen LogP) is 3.71. The summed E-state index contributed by atoms with van der Waals surface area (Å²) in [6.07, 6.45) is -3.16. The third-order valence-electron chi connectivity index (χ3n) is 4.50. The molecule has 0 radical (unpaired) electrons. The zero-order valence-electron chi connectivity index (χ0n) is 15.3. The van der Waals surface area contributed by atoms with Crippen molar-refractivity contribution in [2.24, 2.45) is 10.7 Å². The van der Waals surface area contributed by atoms with Crippen LogP contribution in [0.25, 0.3) is 5.57 Å². The number of methoxy groups -OCH3 is 1. The van der Waals surface area contributed by atoms with Gasteiger partial charge >= 0.3 is 12.1 Å². The van der Waals surface area contributed by atoms with Crippen molar-refractivity contribution >= 4 is 28.8 Å². The molecule has 0 saturated heterocycles. The summed E-state index contributed by atoms with van der Waals surface area (Å²) in [6, 6.07) is 8.49. The van der Waals surface area contributed by atoms with E-state index >= 15 is 0 Å². The van der Waals surface area contributed by atoms with Crippen LogP contribution >= 0.6 is 11.3 Å². The van der Waals surface area contributed by atoms with E-state index in [1.165, 1.54) is 22.3 Å². The Balaban J connectivity index is 0.000000298. The number of nitrogens with zero attached hydrogens (tertiary/aromatic N) is 1. The minimum absolute atomic E-state index is 0.0601. The molecule has 1 unspecified atom stereocenters. The second-order valence-corrected chi connectivity index (χ2v) is 7.10. The van der Waals surface area contributed by atoms with Crippen LogP contribution in [0, 0.1) is 0 Å². The van der Waals surface area contributed by atoms with Gasteiger partial charge in [0, 0.05) is 5.57 Å². The molecule has 1 aliphatic heterocycles. The van der Waals surface area contributed by atoms with E-state index in [1.54, 1.807) is 18.4 Å². The van der Waals surface area contributed by atoms with Crippen LogP contribution in [0.1, 0.15) is 29.2 Å². The lowest BCUT2D eigenvalue weighted by Crippen LogP contribution is -2.39. The fourth-order valence-corrected chi connectivity index (χ4v) is 3.91. The van der Waals surface area contributed by atoms with Gasteiger partial charge in [-0.25, -0.2) is 9.79 Å². The first kappa shape index (κ1) is 20.7. The van der Waals surface area contributed by atoms with Crippen LogP contribution in [-0.2, 0) is 11.2 Å². The number of thiophene rings is 1. The number of aryl methyl sites for hydroxylation is 1. The number of hydrogen-bond donors (Lipinski definition) is 3. The number of aliphatic carboxylic acids is 1. The molecule has 6 nitrogen and oxygen atoms in total. The maximum Gasteiger partial charge on any atom is 0.490 e. The summed E-state index contributed by atoms with van der Waals surface area (Å²) in [5, 5.41) is 14.7. The Morgan fingerprint density at radius 3 is 2.66 bits per heavy atom. The van der Waals surface area contributed by atoms with Crippen molar-refractivity contribution in [3.8, 4) is 5.75 Å². The molecule has 2 heterocycles. The summed E-state index contributed by atoms with van der Waals surface area (Å²) in [7, 11) is 1.70. The van der Waals surface area contributed by atoms with E-state index in [0.29, 0.717) is 5.96 Å². The predicted molar refractivity (Wildman–Crippen MR) is 104 cm³/mol. The second-order valence-electron chi connectivity index (χ2n) is 6.32. The minimum atomic E-state index is -5.08. The van der Waals surface area contributed by atoms with Crippen molar-refractivity contribution in [2.75, 3.05) is 7.11 Å². The number of guanidine groups is 1. The smallest absolute Gasteiger partial charge is 0.490 e. The lowest BCUT2D eigenvalue weighted by atomic mass is 9.82. The summed E-state index contributed by atoms with van der Waals surface area (Å²) in [4.78, 5) is 13.4. The zero-order valence-corrected chi connectivity index (χ0v) is 16.1. The van der Waals surface area contributed by atoms with E-state index < -0.39 is 12.1 Å². The van der Waals surface area contributed by atoms with Gasteiger partial charge in [0.2, 0.25) is 0 Å². The molecule has 29 heavy (non-hydrogen) atoms. The Labute approximate surface area is 168 Å². The van der Waals surface area contributed by atoms with Gasteiger partial charge in [-0.1, -0.05) is 6.07 Å². The molecular formula is C19H18F3N3O3S. The molecule has 2 aliphatic rings. The number of ether oxygens (including phenoxy) is 1. The first-order valence-electron chi connectivity index (χ1n) is 8.54. The third kappa shape index (κ3) is 4.53. The van der Waals surface area contributed by atoms with Crippen LogP contribution in [0.4, 0.5) is 13.2 Å². The van der Waals surface area contributed by atoms with Crippen LogP contribution in [0.2, 0.25) is 0 Å². The summed E-state index contributed by atoms with van der Waals surface area (Å²) in [6.45, 7) is 0. The molecule has 154 valence electrons.